The van der Waals surface area contributed by atoms with E-state index >= 15 is 0 Å². The van der Waals surface area contributed by atoms with Gasteiger partial charge in [-0.05, 0) is 49.8 Å². The molecule has 8 heteroatoms. The smallest absolute Gasteiger partial charge is 0.409 e. The maximum absolute atomic E-state index is 13.2. The summed E-state index contributed by atoms with van der Waals surface area (Å²) in [4.78, 5) is 24.2. The minimum absolute atomic E-state index is 0.0712. The molecule has 0 spiro atoms. The number of carbonyl (C=O) groups excluding carboxylic acids is 1. The van der Waals surface area contributed by atoms with Crippen LogP contribution in [0.4, 0.5) is 13.2 Å². The second-order valence-corrected chi connectivity index (χ2v) is 8.74. The lowest BCUT2D eigenvalue weighted by atomic mass is 9.94. The molecule has 2 rings (SSSR count). The normalized spacial score (nSPS) is 13.4. The monoisotopic (exact) mass is 483 g/mol. The van der Waals surface area contributed by atoms with E-state index in [1.807, 2.05) is 17.7 Å². The number of allylic oxidation sites excluding steroid dienone is 4. The Morgan fingerprint density at radius 3 is 2.55 bits per heavy atom. The van der Waals surface area contributed by atoms with Crippen molar-refractivity contribution in [2.24, 2.45) is 13.0 Å². The zero-order valence-electron chi connectivity index (χ0n) is 18.8. The molecule has 2 aromatic rings. The van der Waals surface area contributed by atoms with Gasteiger partial charge in [0.25, 0.3) is 0 Å². The Labute approximate surface area is 196 Å². The number of carbonyl (C=O) groups is 2. The van der Waals surface area contributed by atoms with Gasteiger partial charge in [0.1, 0.15) is 0 Å². The van der Waals surface area contributed by atoms with Crippen molar-refractivity contribution in [3.05, 3.63) is 58.8 Å². The van der Waals surface area contributed by atoms with Crippen LogP contribution in [0.1, 0.15) is 61.5 Å². The van der Waals surface area contributed by atoms with Crippen molar-refractivity contribution in [2.45, 2.75) is 58.0 Å². The number of ketones is 1. The number of fused-ring (bicyclic) bond motifs is 1. The molecular formula is C25H29ClF3NO3. The van der Waals surface area contributed by atoms with Crippen LogP contribution in [0.25, 0.3) is 10.9 Å². The van der Waals surface area contributed by atoms with Gasteiger partial charge in [-0.25, -0.2) is 0 Å². The largest absolute Gasteiger partial charge is 0.481 e. The van der Waals surface area contributed by atoms with Gasteiger partial charge in [-0.1, -0.05) is 43.2 Å². The number of hydrogen-bond acceptors (Lipinski definition) is 2. The maximum Gasteiger partial charge on any atom is 0.409 e. The molecule has 1 N–H and O–H groups in total. The van der Waals surface area contributed by atoms with E-state index < -0.39 is 12.1 Å². The van der Waals surface area contributed by atoms with Crippen LogP contribution >= 0.6 is 11.6 Å². The van der Waals surface area contributed by atoms with E-state index in [1.54, 1.807) is 25.1 Å². The van der Waals surface area contributed by atoms with Crippen LogP contribution in [0.3, 0.4) is 0 Å². The number of Topliss-reactive ketones (excluding diaryl/α,β-unsaturated/α-hetero) is 1. The van der Waals surface area contributed by atoms with Crippen molar-refractivity contribution in [1.82, 2.24) is 4.57 Å². The molecule has 0 fully saturated rings. The highest BCUT2D eigenvalue weighted by Crippen LogP contribution is 2.31. The van der Waals surface area contributed by atoms with Crippen molar-refractivity contribution in [3.63, 3.8) is 0 Å². The molecule has 0 amide bonds. The minimum Gasteiger partial charge on any atom is -0.481 e. The summed E-state index contributed by atoms with van der Waals surface area (Å²) in [5, 5.41) is 10.3. The van der Waals surface area contributed by atoms with Gasteiger partial charge >= 0.3 is 12.1 Å². The standard InChI is InChI=1S/C25H29ClF3NO3/c1-17(15-23(32)33)14-22(31)24-19-16-18(26)11-12-20(19)30(2)21(24)10-8-6-4-3-5-7-9-13-25(27,28)29/h5,7,9,11-13,16-17H,3-4,6,8,10,14-15H2,1-2H3,(H,32,33)/b7-5-,13-9-. The highest BCUT2D eigenvalue weighted by Gasteiger charge is 2.23. The molecule has 0 aliphatic carbocycles. The molecule has 0 saturated carbocycles. The van der Waals surface area contributed by atoms with Crippen LogP contribution in [0.5, 0.6) is 0 Å². The molecule has 0 aliphatic rings. The Morgan fingerprint density at radius 2 is 1.88 bits per heavy atom. The lowest BCUT2D eigenvalue weighted by molar-refractivity contribution is -0.137. The first-order valence-electron chi connectivity index (χ1n) is 10.9. The average Bonchev–Trinajstić information content (AvgIpc) is 2.96. The van der Waals surface area contributed by atoms with E-state index in [9.17, 15) is 22.8 Å². The summed E-state index contributed by atoms with van der Waals surface area (Å²) in [6, 6.07) is 5.42. The van der Waals surface area contributed by atoms with E-state index in [0.717, 1.165) is 41.9 Å². The lowest BCUT2D eigenvalue weighted by Gasteiger charge is -2.10. The minimum atomic E-state index is -4.30. The number of hydrogen-bond donors (Lipinski definition) is 1. The number of aliphatic carboxylic acids is 1. The first kappa shape index (κ1) is 26.7. The second kappa shape index (κ2) is 12.1. The number of unbranched alkanes of at least 4 members (excludes halogenated alkanes) is 3. The van der Waals surface area contributed by atoms with E-state index in [2.05, 4.69) is 0 Å². The fourth-order valence-corrected chi connectivity index (χ4v) is 4.11. The molecule has 1 aromatic carbocycles. The van der Waals surface area contributed by atoms with Crippen LogP contribution in [-0.2, 0) is 18.3 Å². The lowest BCUT2D eigenvalue weighted by Crippen LogP contribution is -2.12. The number of carboxylic acid groups (broad SMARTS) is 1. The highest BCUT2D eigenvalue weighted by molar-refractivity contribution is 6.31. The van der Waals surface area contributed by atoms with Gasteiger partial charge < -0.3 is 9.67 Å². The summed E-state index contributed by atoms with van der Waals surface area (Å²) in [7, 11) is 1.90. The SMILES string of the molecule is CC(CC(=O)O)CC(=O)c1c(CCCCC/C=C\C=C/C(F)(F)F)n(C)c2ccc(Cl)cc12. The molecule has 1 atom stereocenters. The third-order valence-corrected chi connectivity index (χ3v) is 5.67. The molecular weight excluding hydrogens is 455 g/mol. The van der Waals surface area contributed by atoms with Crippen LogP contribution < -0.4 is 0 Å². The van der Waals surface area contributed by atoms with Gasteiger partial charge in [0, 0.05) is 53.1 Å². The molecule has 1 heterocycles. The fourth-order valence-electron chi connectivity index (χ4n) is 3.93. The molecule has 4 nitrogen and oxygen atoms in total. The Bertz CT molecular complexity index is 1040. The predicted molar refractivity (Wildman–Crippen MR) is 125 cm³/mol. The number of rotatable bonds is 12. The zero-order chi connectivity index (χ0) is 24.6. The number of nitrogens with zero attached hydrogens (tertiary/aromatic N) is 1. The van der Waals surface area contributed by atoms with Crippen molar-refractivity contribution in [2.75, 3.05) is 0 Å². The molecule has 180 valence electrons. The summed E-state index contributed by atoms with van der Waals surface area (Å²) in [5.41, 5.74) is 2.39. The average molecular weight is 484 g/mol. The topological polar surface area (TPSA) is 59.3 Å². The van der Waals surface area contributed by atoms with Gasteiger partial charge in [-0.3, -0.25) is 9.59 Å². The Balaban J connectivity index is 2.07. The fraction of sp³-hybridized carbons (Fsp3) is 0.440. The maximum atomic E-state index is 13.2. The quantitative estimate of drug-likeness (QED) is 0.196. The Morgan fingerprint density at radius 1 is 1.15 bits per heavy atom. The number of benzene rings is 1. The first-order valence-corrected chi connectivity index (χ1v) is 11.3. The van der Waals surface area contributed by atoms with Crippen molar-refractivity contribution in [1.29, 1.82) is 0 Å². The molecule has 0 aliphatic heterocycles. The molecule has 0 radical (unpaired) electrons. The van der Waals surface area contributed by atoms with Gasteiger partial charge in [0.2, 0.25) is 0 Å². The third-order valence-electron chi connectivity index (χ3n) is 5.44. The predicted octanol–water partition coefficient (Wildman–Crippen LogP) is 7.29. The second-order valence-electron chi connectivity index (χ2n) is 8.30. The summed E-state index contributed by atoms with van der Waals surface area (Å²) < 4.78 is 38.2. The Kier molecular flexibility index (Phi) is 9.77. The first-order chi connectivity index (χ1) is 15.5. The summed E-state index contributed by atoms with van der Waals surface area (Å²) >= 11 is 6.18. The van der Waals surface area contributed by atoms with Gasteiger partial charge in [-0.2, -0.15) is 13.2 Å². The molecule has 0 saturated heterocycles. The number of halogens is 4. The molecule has 0 bridgehead atoms. The number of carboxylic acids is 1. The van der Waals surface area contributed by atoms with Crippen molar-refractivity contribution >= 4 is 34.3 Å². The van der Waals surface area contributed by atoms with Crippen LogP contribution in [0.15, 0.2) is 42.5 Å². The van der Waals surface area contributed by atoms with E-state index in [-0.39, 0.29) is 30.6 Å². The van der Waals surface area contributed by atoms with E-state index in [1.165, 1.54) is 6.08 Å². The highest BCUT2D eigenvalue weighted by atomic mass is 35.5. The molecule has 1 unspecified atom stereocenters. The number of aryl methyl sites for hydroxylation is 1. The van der Waals surface area contributed by atoms with Gasteiger partial charge in [-0.15, -0.1) is 0 Å². The van der Waals surface area contributed by atoms with E-state index in [4.69, 9.17) is 16.7 Å². The zero-order valence-corrected chi connectivity index (χ0v) is 19.5. The van der Waals surface area contributed by atoms with Crippen molar-refractivity contribution < 1.29 is 27.9 Å². The van der Waals surface area contributed by atoms with Gasteiger partial charge in [0.15, 0.2) is 5.78 Å². The number of alkyl halides is 3. The molecule has 33 heavy (non-hydrogen) atoms. The summed E-state index contributed by atoms with van der Waals surface area (Å²) in [6.45, 7) is 1.75. The van der Waals surface area contributed by atoms with Crippen LogP contribution in [0.2, 0.25) is 5.02 Å². The third kappa shape index (κ3) is 8.39. The summed E-state index contributed by atoms with van der Waals surface area (Å²) in [5.74, 6) is -1.30. The van der Waals surface area contributed by atoms with Crippen molar-refractivity contribution in [3.8, 4) is 0 Å². The summed E-state index contributed by atoms with van der Waals surface area (Å²) in [6.07, 6.45) is 3.90. The number of aromatic nitrogens is 1. The van der Waals surface area contributed by atoms with Crippen LogP contribution in [0, 0.1) is 5.92 Å². The molecule has 1 aromatic heterocycles. The van der Waals surface area contributed by atoms with E-state index in [0.29, 0.717) is 23.4 Å². The van der Waals surface area contributed by atoms with Gasteiger partial charge in [0.05, 0.1) is 0 Å². The Hall–Kier alpha value is -2.54. The van der Waals surface area contributed by atoms with Crippen LogP contribution in [-0.4, -0.2) is 27.6 Å².